The second-order valence-electron chi connectivity index (χ2n) is 3.25. The van der Waals surface area contributed by atoms with Gasteiger partial charge in [-0.15, -0.1) is 22.7 Å². The molecule has 0 unspecified atom stereocenters. The van der Waals surface area contributed by atoms with Crippen LogP contribution in [-0.2, 0) is 0 Å². The Kier molecular flexibility index (Phi) is 25.0. The summed E-state index contributed by atoms with van der Waals surface area (Å²) in [6.07, 6.45) is 1.81. The molecule has 0 spiro atoms. The lowest BCUT2D eigenvalue weighted by molar-refractivity contribution is 1.30. The zero-order valence-corrected chi connectivity index (χ0v) is 18.8. The van der Waals surface area contributed by atoms with Gasteiger partial charge in [-0.2, -0.15) is 0 Å². The van der Waals surface area contributed by atoms with Gasteiger partial charge in [0.15, 0.2) is 0 Å². The first kappa shape index (κ1) is 27.6. The van der Waals surface area contributed by atoms with Gasteiger partial charge in [0, 0.05) is 11.6 Å². The number of benzene rings is 1. The summed E-state index contributed by atoms with van der Waals surface area (Å²) >= 11 is 3.41. The van der Waals surface area contributed by atoms with E-state index in [1.54, 1.807) is 28.9 Å². The normalized spacial score (nSPS) is 7.58. The fraction of sp³-hybridized carbons (Fsp3) is 0.500. The number of rotatable bonds is 0. The molecule has 0 aliphatic heterocycles. The predicted octanol–water partition coefficient (Wildman–Crippen LogP) is 8.16. The van der Waals surface area contributed by atoms with Crippen LogP contribution in [0.5, 0.6) is 0 Å². The Hall–Kier alpha value is -1.26. The van der Waals surface area contributed by atoms with Crippen LogP contribution in [0, 0.1) is 13.8 Å². The molecule has 2 heterocycles. The van der Waals surface area contributed by atoms with Crippen molar-refractivity contribution in [2.45, 2.75) is 69.2 Å². The number of nitrogens with zero attached hydrogens (tertiary/aromatic N) is 2. The SMILES string of the molecule is CC.CC.CC.CC.Cc1nc2ccccc2s1.Cc1nccs1. The van der Waals surface area contributed by atoms with Crippen molar-refractivity contribution in [3.63, 3.8) is 0 Å². The molecule has 138 valence electrons. The molecule has 0 saturated carbocycles. The summed E-state index contributed by atoms with van der Waals surface area (Å²) in [5.41, 5.74) is 1.12. The number of hydrogen-bond donors (Lipinski definition) is 0. The van der Waals surface area contributed by atoms with Crippen LogP contribution in [0.15, 0.2) is 35.8 Å². The maximum Gasteiger partial charge on any atom is 0.0907 e. The molecule has 0 fully saturated rings. The van der Waals surface area contributed by atoms with Crippen LogP contribution in [0.1, 0.15) is 65.4 Å². The minimum absolute atomic E-state index is 1.12. The van der Waals surface area contributed by atoms with E-state index in [2.05, 4.69) is 16.0 Å². The van der Waals surface area contributed by atoms with Crippen LogP contribution < -0.4 is 0 Å². The second-order valence-corrected chi connectivity index (χ2v) is 5.59. The average molecular weight is 369 g/mol. The molecule has 0 bridgehead atoms. The van der Waals surface area contributed by atoms with E-state index in [9.17, 15) is 0 Å². The third kappa shape index (κ3) is 13.2. The molecule has 0 aliphatic rings. The summed E-state index contributed by atoms with van der Waals surface area (Å²) in [4.78, 5) is 8.27. The first-order chi connectivity index (χ1) is 11.8. The zero-order valence-electron chi connectivity index (χ0n) is 17.2. The topological polar surface area (TPSA) is 25.8 Å². The quantitative estimate of drug-likeness (QED) is 0.400. The van der Waals surface area contributed by atoms with Gasteiger partial charge in [0.1, 0.15) is 0 Å². The van der Waals surface area contributed by atoms with Crippen LogP contribution in [0.25, 0.3) is 10.2 Å². The third-order valence-electron chi connectivity index (χ3n) is 1.96. The Balaban J connectivity index is -0.000000273. The average Bonchev–Trinajstić information content (AvgIpc) is 3.30. The van der Waals surface area contributed by atoms with Crippen molar-refractivity contribution in [1.29, 1.82) is 0 Å². The Morgan fingerprint density at radius 2 is 1.29 bits per heavy atom. The van der Waals surface area contributed by atoms with Gasteiger partial charge in [-0.25, -0.2) is 4.98 Å². The maximum absolute atomic E-state index is 4.33. The molecule has 0 saturated heterocycles. The summed E-state index contributed by atoms with van der Waals surface area (Å²) in [6.45, 7) is 20.0. The molecule has 3 rings (SSSR count). The minimum atomic E-state index is 1.12. The van der Waals surface area contributed by atoms with Gasteiger partial charge in [-0.1, -0.05) is 67.5 Å². The van der Waals surface area contributed by atoms with Crippen molar-refractivity contribution >= 4 is 32.9 Å². The summed E-state index contributed by atoms with van der Waals surface area (Å²) < 4.78 is 1.28. The van der Waals surface area contributed by atoms with Crippen LogP contribution >= 0.6 is 22.7 Å². The molecule has 0 atom stereocenters. The lowest BCUT2D eigenvalue weighted by Gasteiger charge is -1.80. The van der Waals surface area contributed by atoms with Gasteiger partial charge in [0.2, 0.25) is 0 Å². The Morgan fingerprint density at radius 3 is 1.67 bits per heavy atom. The Labute approximate surface area is 158 Å². The Morgan fingerprint density at radius 1 is 0.750 bits per heavy atom. The maximum atomic E-state index is 4.33. The van der Waals surface area contributed by atoms with E-state index in [0.717, 1.165) is 15.5 Å². The first-order valence-corrected chi connectivity index (χ1v) is 10.6. The highest BCUT2D eigenvalue weighted by Crippen LogP contribution is 2.19. The summed E-state index contributed by atoms with van der Waals surface area (Å²) in [5, 5.41) is 4.24. The van der Waals surface area contributed by atoms with Crippen LogP contribution in [0.4, 0.5) is 0 Å². The van der Waals surface area contributed by atoms with E-state index in [-0.39, 0.29) is 0 Å². The van der Waals surface area contributed by atoms with Gasteiger partial charge in [-0.05, 0) is 26.0 Å². The lowest BCUT2D eigenvalue weighted by Crippen LogP contribution is -1.65. The smallest absolute Gasteiger partial charge is 0.0907 e. The number of fused-ring (bicyclic) bond motifs is 1. The van der Waals surface area contributed by atoms with Crippen LogP contribution in [-0.4, -0.2) is 9.97 Å². The molecular formula is C20H36N2S2. The lowest BCUT2D eigenvalue weighted by atomic mass is 10.3. The molecule has 1 aromatic carbocycles. The molecule has 24 heavy (non-hydrogen) atoms. The highest BCUT2D eigenvalue weighted by atomic mass is 32.1. The van der Waals surface area contributed by atoms with E-state index in [1.165, 1.54) is 4.70 Å². The van der Waals surface area contributed by atoms with Gasteiger partial charge in [0.05, 0.1) is 20.2 Å². The van der Waals surface area contributed by atoms with Crippen molar-refractivity contribution in [3.05, 3.63) is 45.9 Å². The van der Waals surface area contributed by atoms with Crippen molar-refractivity contribution in [3.8, 4) is 0 Å². The fourth-order valence-corrected chi connectivity index (χ4v) is 2.55. The van der Waals surface area contributed by atoms with Crippen molar-refractivity contribution in [2.24, 2.45) is 0 Å². The van der Waals surface area contributed by atoms with Crippen LogP contribution in [0.2, 0.25) is 0 Å². The molecule has 0 aliphatic carbocycles. The van der Waals surface area contributed by atoms with E-state index in [0.29, 0.717) is 0 Å². The van der Waals surface area contributed by atoms with Crippen molar-refractivity contribution in [2.75, 3.05) is 0 Å². The molecule has 2 nitrogen and oxygen atoms in total. The largest absolute Gasteiger partial charge is 0.250 e. The number of thiazole rings is 2. The fourth-order valence-electron chi connectivity index (χ4n) is 1.28. The van der Waals surface area contributed by atoms with E-state index in [4.69, 9.17) is 0 Å². The highest BCUT2D eigenvalue weighted by molar-refractivity contribution is 7.18. The number of aromatic nitrogens is 2. The summed E-state index contributed by atoms with van der Waals surface area (Å²) in [6, 6.07) is 8.19. The highest BCUT2D eigenvalue weighted by Gasteiger charge is 1.95. The van der Waals surface area contributed by atoms with E-state index >= 15 is 0 Å². The predicted molar refractivity (Wildman–Crippen MR) is 117 cm³/mol. The van der Waals surface area contributed by atoms with E-state index in [1.807, 2.05) is 92.8 Å². The molecule has 0 amide bonds. The molecule has 0 N–H and O–H groups in total. The second kappa shape index (κ2) is 21.7. The third-order valence-corrected chi connectivity index (χ3v) is 3.61. The monoisotopic (exact) mass is 368 g/mol. The summed E-state index contributed by atoms with van der Waals surface area (Å²) in [7, 11) is 0. The van der Waals surface area contributed by atoms with Gasteiger partial charge in [-0.3, -0.25) is 4.98 Å². The van der Waals surface area contributed by atoms with Gasteiger partial charge in [0.25, 0.3) is 0 Å². The number of aryl methyl sites for hydroxylation is 2. The van der Waals surface area contributed by atoms with Gasteiger partial charge < -0.3 is 0 Å². The van der Waals surface area contributed by atoms with Crippen LogP contribution in [0.3, 0.4) is 0 Å². The van der Waals surface area contributed by atoms with Crippen molar-refractivity contribution < 1.29 is 0 Å². The van der Waals surface area contributed by atoms with E-state index < -0.39 is 0 Å². The van der Waals surface area contributed by atoms with Gasteiger partial charge >= 0.3 is 0 Å². The molecule has 3 aromatic rings. The standard InChI is InChI=1S/C8H7NS.C4H5NS.4C2H6/c1-6-9-7-4-2-3-5-8(7)10-6;1-4-5-2-3-6-4;4*1-2/h2-5H,1H3;2-3H,1H3;4*1-2H3. The number of hydrogen-bond acceptors (Lipinski definition) is 4. The number of para-hydroxylation sites is 1. The Bertz CT molecular complexity index is 525. The zero-order chi connectivity index (χ0) is 19.4. The van der Waals surface area contributed by atoms with Crippen molar-refractivity contribution in [1.82, 2.24) is 9.97 Å². The molecular weight excluding hydrogens is 332 g/mol. The molecule has 4 heteroatoms. The molecule has 2 aromatic heterocycles. The first-order valence-electron chi connectivity index (χ1n) is 8.94. The summed E-state index contributed by atoms with van der Waals surface area (Å²) in [5.74, 6) is 0. The minimum Gasteiger partial charge on any atom is -0.250 e. The molecule has 0 radical (unpaired) electrons.